The number of aliphatic hydroxyl groups is 5. The fraction of sp³-hybridized carbons (Fsp3) is 0.875. The molecule has 2 aliphatic heterocycles. The zero-order valence-corrected chi connectivity index (χ0v) is 25.0. The van der Waals surface area contributed by atoms with Crippen molar-refractivity contribution in [2.45, 2.75) is 126 Å². The molecule has 4 saturated carbocycles. The van der Waals surface area contributed by atoms with Gasteiger partial charge in [0.05, 0.1) is 29.5 Å². The third kappa shape index (κ3) is 4.71. The Morgan fingerprint density at radius 1 is 1.10 bits per heavy atom. The first-order chi connectivity index (χ1) is 20.0. The molecule has 0 amide bonds. The van der Waals surface area contributed by atoms with Crippen molar-refractivity contribution < 1.29 is 44.5 Å². The second kappa shape index (κ2) is 11.2. The largest absolute Gasteiger partial charge is 0.458 e. The van der Waals surface area contributed by atoms with Crippen LogP contribution >= 0.6 is 0 Å². The van der Waals surface area contributed by atoms with Gasteiger partial charge in [0.2, 0.25) is 0 Å². The number of carbonyl (C=O) groups is 1. The molecule has 12 atom stereocenters. The molecule has 0 spiro atoms. The Balaban J connectivity index is 1.26. The van der Waals surface area contributed by atoms with Crippen molar-refractivity contribution in [3.05, 3.63) is 11.6 Å². The summed E-state index contributed by atoms with van der Waals surface area (Å²) in [5.74, 6) is -0.177. The molecule has 10 heteroatoms. The van der Waals surface area contributed by atoms with Crippen LogP contribution in [-0.4, -0.2) is 99.4 Å². The highest BCUT2D eigenvalue weighted by molar-refractivity contribution is 5.85. The normalized spacial score (nSPS) is 50.6. The topological polar surface area (TPSA) is 158 Å². The lowest BCUT2D eigenvalue weighted by molar-refractivity contribution is -0.282. The summed E-state index contributed by atoms with van der Waals surface area (Å²) in [5.41, 5.74) is -2.02. The number of aliphatic imine (C=N–C) groups is 1. The van der Waals surface area contributed by atoms with E-state index in [2.05, 4.69) is 6.92 Å². The number of aliphatic hydroxyl groups excluding tert-OH is 3. The van der Waals surface area contributed by atoms with Crippen molar-refractivity contribution in [3.8, 4) is 0 Å². The number of fused-ring (bicyclic) bond motifs is 5. The van der Waals surface area contributed by atoms with Gasteiger partial charge < -0.3 is 39.7 Å². The van der Waals surface area contributed by atoms with E-state index in [9.17, 15) is 30.3 Å². The molecule has 9 unspecified atom stereocenters. The fourth-order valence-corrected chi connectivity index (χ4v) is 10.2. The van der Waals surface area contributed by atoms with E-state index in [1.54, 1.807) is 13.0 Å². The molecule has 6 aliphatic rings. The molecular formula is C32H49NO9. The van der Waals surface area contributed by atoms with E-state index < -0.39 is 41.2 Å². The molecule has 236 valence electrons. The van der Waals surface area contributed by atoms with Crippen molar-refractivity contribution in [3.63, 3.8) is 0 Å². The van der Waals surface area contributed by atoms with E-state index >= 15 is 0 Å². The molecule has 1 saturated heterocycles. The standard InChI is InChI=1S/C32H49NO9/c1-19-28(37)25(35)15-27(41-19)42-21-4-9-30(18-33-12-3-13-34)23-5-8-29(2)22(20-14-26(36)40-17-20)7-11-32(29,39)24(23)6-10-31(30,38)16-21/h14,18-19,21-25,27-28,34-35,37-39H,3-13,15-17H2,1-2H3/t19?,21?,22-,23-,24?,25?,27?,28?,29?,30-,31?,32?/m0/s1. The maximum absolute atomic E-state index is 12.6. The average Bonchev–Trinajstić information content (AvgIpc) is 3.49. The van der Waals surface area contributed by atoms with Gasteiger partial charge in [-0.05, 0) is 88.0 Å². The quantitative estimate of drug-likeness (QED) is 0.129. The summed E-state index contributed by atoms with van der Waals surface area (Å²) in [4.78, 5) is 16.7. The first kappa shape index (κ1) is 30.6. The van der Waals surface area contributed by atoms with E-state index in [0.717, 1.165) is 24.8 Å². The third-order valence-corrected chi connectivity index (χ3v) is 12.4. The van der Waals surface area contributed by atoms with Crippen LogP contribution in [0.5, 0.6) is 0 Å². The van der Waals surface area contributed by atoms with E-state index in [1.807, 2.05) is 6.21 Å². The predicted octanol–water partition coefficient (Wildman–Crippen LogP) is 2.03. The van der Waals surface area contributed by atoms with Gasteiger partial charge in [-0.1, -0.05) is 6.92 Å². The molecule has 4 aliphatic carbocycles. The van der Waals surface area contributed by atoms with Crippen LogP contribution in [0.15, 0.2) is 16.6 Å². The minimum absolute atomic E-state index is 0.0129. The first-order valence-electron chi connectivity index (χ1n) is 16.1. The molecule has 5 fully saturated rings. The monoisotopic (exact) mass is 591 g/mol. The Hall–Kier alpha value is -1.40. The SMILES string of the molecule is CC1OC(OC2CC[C@]3(C=NCCCO)[C@H]4CCC5(C)[C@H](C6=CC(=O)OC6)CCC5(O)C4CCC3(O)C2)CC(O)C1O. The maximum Gasteiger partial charge on any atom is 0.331 e. The third-order valence-electron chi connectivity index (χ3n) is 12.4. The Morgan fingerprint density at radius 2 is 1.88 bits per heavy atom. The molecule has 5 N–H and O–H groups in total. The summed E-state index contributed by atoms with van der Waals surface area (Å²) in [5, 5.41) is 54.8. The number of ether oxygens (including phenoxy) is 3. The van der Waals surface area contributed by atoms with Gasteiger partial charge in [-0.25, -0.2) is 4.79 Å². The van der Waals surface area contributed by atoms with Crippen LogP contribution < -0.4 is 0 Å². The smallest absolute Gasteiger partial charge is 0.331 e. The number of hydrogen-bond acceptors (Lipinski definition) is 10. The molecule has 2 heterocycles. The number of rotatable bonds is 7. The van der Waals surface area contributed by atoms with Gasteiger partial charge in [-0.15, -0.1) is 0 Å². The molecule has 10 nitrogen and oxygen atoms in total. The lowest BCUT2D eigenvalue weighted by Gasteiger charge is -2.66. The molecular weight excluding hydrogens is 542 g/mol. The van der Waals surface area contributed by atoms with Crippen molar-refractivity contribution in [2.24, 2.45) is 33.6 Å². The first-order valence-corrected chi connectivity index (χ1v) is 16.1. The van der Waals surface area contributed by atoms with Crippen molar-refractivity contribution in [1.29, 1.82) is 0 Å². The summed E-state index contributed by atoms with van der Waals surface area (Å²) < 4.78 is 17.4. The van der Waals surface area contributed by atoms with Crippen LogP contribution in [0, 0.1) is 28.6 Å². The van der Waals surface area contributed by atoms with Gasteiger partial charge in [-0.2, -0.15) is 0 Å². The van der Waals surface area contributed by atoms with Crippen LogP contribution in [0.4, 0.5) is 0 Å². The predicted molar refractivity (Wildman–Crippen MR) is 152 cm³/mol. The summed E-state index contributed by atoms with van der Waals surface area (Å²) in [7, 11) is 0. The zero-order chi connectivity index (χ0) is 29.9. The Morgan fingerprint density at radius 3 is 2.60 bits per heavy atom. The lowest BCUT2D eigenvalue weighted by atomic mass is 9.41. The highest BCUT2D eigenvalue weighted by Gasteiger charge is 2.71. The minimum atomic E-state index is -1.09. The summed E-state index contributed by atoms with van der Waals surface area (Å²) in [6.07, 6.45) is 7.02. The summed E-state index contributed by atoms with van der Waals surface area (Å²) >= 11 is 0. The number of carbonyl (C=O) groups excluding carboxylic acids is 1. The van der Waals surface area contributed by atoms with Crippen molar-refractivity contribution in [1.82, 2.24) is 0 Å². The molecule has 6 rings (SSSR count). The van der Waals surface area contributed by atoms with Gasteiger partial charge >= 0.3 is 5.97 Å². The molecule has 0 aromatic carbocycles. The average molecular weight is 592 g/mol. The van der Waals surface area contributed by atoms with Crippen molar-refractivity contribution >= 4 is 12.2 Å². The van der Waals surface area contributed by atoms with Gasteiger partial charge in [0, 0.05) is 49.1 Å². The highest BCUT2D eigenvalue weighted by atomic mass is 16.7. The summed E-state index contributed by atoms with van der Waals surface area (Å²) in [6, 6.07) is 0. The van der Waals surface area contributed by atoms with Gasteiger partial charge in [0.25, 0.3) is 0 Å². The molecule has 0 aromatic rings. The molecule has 0 bridgehead atoms. The lowest BCUT2D eigenvalue weighted by Crippen LogP contribution is -2.69. The number of hydrogen-bond donors (Lipinski definition) is 5. The van der Waals surface area contributed by atoms with E-state index in [-0.39, 0.29) is 48.3 Å². The van der Waals surface area contributed by atoms with Gasteiger partial charge in [0.1, 0.15) is 12.7 Å². The van der Waals surface area contributed by atoms with Gasteiger partial charge in [0.15, 0.2) is 6.29 Å². The second-order valence-corrected chi connectivity index (χ2v) is 14.3. The number of cyclic esters (lactones) is 1. The van der Waals surface area contributed by atoms with Crippen LogP contribution in [0.1, 0.15) is 84.5 Å². The van der Waals surface area contributed by atoms with E-state index in [0.29, 0.717) is 58.1 Å². The van der Waals surface area contributed by atoms with Crippen molar-refractivity contribution in [2.75, 3.05) is 19.8 Å². The van der Waals surface area contributed by atoms with E-state index in [1.165, 1.54) is 0 Å². The minimum Gasteiger partial charge on any atom is -0.458 e. The Labute approximate surface area is 248 Å². The highest BCUT2D eigenvalue weighted by Crippen LogP contribution is 2.70. The number of nitrogens with zero attached hydrogens (tertiary/aromatic N) is 1. The fourth-order valence-electron chi connectivity index (χ4n) is 10.2. The number of esters is 1. The Kier molecular flexibility index (Phi) is 8.16. The van der Waals surface area contributed by atoms with E-state index in [4.69, 9.17) is 19.2 Å². The van der Waals surface area contributed by atoms with Crippen LogP contribution in [0.2, 0.25) is 0 Å². The van der Waals surface area contributed by atoms with Crippen LogP contribution in [-0.2, 0) is 19.0 Å². The van der Waals surface area contributed by atoms with Gasteiger partial charge in [-0.3, -0.25) is 4.99 Å². The summed E-state index contributed by atoms with van der Waals surface area (Å²) in [6.45, 7) is 4.75. The molecule has 0 aromatic heterocycles. The second-order valence-electron chi connectivity index (χ2n) is 14.3. The maximum atomic E-state index is 12.6. The molecule has 0 radical (unpaired) electrons. The van der Waals surface area contributed by atoms with Crippen LogP contribution in [0.3, 0.4) is 0 Å². The van der Waals surface area contributed by atoms with Crippen LogP contribution in [0.25, 0.3) is 0 Å². The zero-order valence-electron chi connectivity index (χ0n) is 25.0. The Bertz CT molecular complexity index is 1090. The molecule has 42 heavy (non-hydrogen) atoms.